The summed E-state index contributed by atoms with van der Waals surface area (Å²) in [5.74, 6) is 0.657. The first kappa shape index (κ1) is 11.0. The average molecular weight is 248 g/mol. The normalized spacial score (nSPS) is 29.9. The van der Waals surface area contributed by atoms with Crippen molar-refractivity contribution in [3.63, 3.8) is 0 Å². The van der Waals surface area contributed by atoms with E-state index in [2.05, 4.69) is 0 Å². The van der Waals surface area contributed by atoms with E-state index in [-0.39, 0.29) is 11.6 Å². The summed E-state index contributed by atoms with van der Waals surface area (Å²) in [5.41, 5.74) is 2.02. The highest BCUT2D eigenvalue weighted by atomic mass is 32.2. The van der Waals surface area contributed by atoms with Crippen LogP contribution in [0.1, 0.15) is 33.2 Å². The fraction of sp³-hybridized carbons (Fsp3) is 0.385. The maximum Gasteiger partial charge on any atom is 0.211 e. The van der Waals surface area contributed by atoms with Crippen LogP contribution in [-0.4, -0.2) is 28.4 Å². The minimum atomic E-state index is -0.909. The number of carbonyl (C=O) groups excluding carboxylic acids is 2. The first-order valence-corrected chi connectivity index (χ1v) is 6.60. The van der Waals surface area contributed by atoms with Gasteiger partial charge in [0, 0.05) is 11.1 Å². The van der Waals surface area contributed by atoms with Crippen molar-refractivity contribution in [2.75, 3.05) is 5.75 Å². The molecule has 17 heavy (non-hydrogen) atoms. The van der Waals surface area contributed by atoms with Gasteiger partial charge in [0.2, 0.25) is 10.7 Å². The fourth-order valence-corrected chi connectivity index (χ4v) is 3.41. The lowest BCUT2D eigenvalue weighted by atomic mass is 9.88. The number of hydrogen-bond donors (Lipinski definition) is 0. The van der Waals surface area contributed by atoms with Crippen LogP contribution in [0.2, 0.25) is 0 Å². The molecule has 0 aromatic heterocycles. The summed E-state index contributed by atoms with van der Waals surface area (Å²) in [6.07, 6.45) is -0.561. The van der Waals surface area contributed by atoms with Gasteiger partial charge in [0.15, 0.2) is 11.9 Å². The van der Waals surface area contributed by atoms with Gasteiger partial charge in [-0.05, 0) is 18.7 Å². The minimum Gasteiger partial charge on any atom is -0.337 e. The largest absolute Gasteiger partial charge is 0.337 e. The predicted octanol–water partition coefficient (Wildman–Crippen LogP) is 2.22. The molecule has 0 bridgehead atoms. The molecule has 2 atom stereocenters. The number of Topliss-reactive ketones (excluding diaryl/α,β-unsaturated/α-hetero) is 2. The zero-order valence-electron chi connectivity index (χ0n) is 9.65. The van der Waals surface area contributed by atoms with E-state index in [1.54, 1.807) is 12.1 Å². The molecule has 1 aliphatic carbocycles. The van der Waals surface area contributed by atoms with Gasteiger partial charge in [-0.1, -0.05) is 24.6 Å². The third kappa shape index (κ3) is 1.34. The molecule has 1 fully saturated rings. The molecule has 0 saturated carbocycles. The van der Waals surface area contributed by atoms with Gasteiger partial charge in [-0.3, -0.25) is 9.59 Å². The van der Waals surface area contributed by atoms with Crippen molar-refractivity contribution in [3.05, 3.63) is 34.9 Å². The minimum absolute atomic E-state index is 0.0516. The summed E-state index contributed by atoms with van der Waals surface area (Å²) in [6.45, 7) is 3.87. The number of hydrogen-bond acceptors (Lipinski definition) is 4. The molecule has 0 amide bonds. The summed E-state index contributed by atoms with van der Waals surface area (Å²) >= 11 is 1.42. The molecule has 1 heterocycles. The van der Waals surface area contributed by atoms with E-state index in [1.165, 1.54) is 11.8 Å². The Kier molecular flexibility index (Phi) is 2.22. The van der Waals surface area contributed by atoms with E-state index >= 15 is 0 Å². The number of rotatable bonds is 2. The third-order valence-corrected chi connectivity index (χ3v) is 4.39. The molecule has 0 spiro atoms. The maximum atomic E-state index is 12.3. The zero-order chi connectivity index (χ0) is 12.2. The standard InChI is InChI=1S/C13H12O3S/c1-3-17-13-11(15)8-5-4-7(2)6-9(8)10(14)12(13)16-13/h4-6,12H,3H2,1-2H3. The van der Waals surface area contributed by atoms with Crippen molar-refractivity contribution in [1.29, 1.82) is 0 Å². The number of aryl methyl sites for hydroxylation is 1. The molecule has 88 valence electrons. The van der Waals surface area contributed by atoms with E-state index in [0.717, 1.165) is 11.3 Å². The van der Waals surface area contributed by atoms with Gasteiger partial charge in [0.05, 0.1) is 0 Å². The Morgan fingerprint density at radius 2 is 2.12 bits per heavy atom. The van der Waals surface area contributed by atoms with Gasteiger partial charge in [-0.25, -0.2) is 0 Å². The van der Waals surface area contributed by atoms with Crippen molar-refractivity contribution >= 4 is 23.3 Å². The van der Waals surface area contributed by atoms with Crippen LogP contribution in [0.5, 0.6) is 0 Å². The lowest BCUT2D eigenvalue weighted by Gasteiger charge is -2.17. The summed E-state index contributed by atoms with van der Waals surface area (Å²) in [5, 5.41) is 0. The number of fused-ring (bicyclic) bond motifs is 2. The number of ether oxygens (including phenoxy) is 1. The molecule has 0 radical (unpaired) electrons. The van der Waals surface area contributed by atoms with E-state index in [1.807, 2.05) is 19.9 Å². The topological polar surface area (TPSA) is 46.7 Å². The molecular weight excluding hydrogens is 236 g/mol. The zero-order valence-corrected chi connectivity index (χ0v) is 10.5. The Morgan fingerprint density at radius 1 is 1.35 bits per heavy atom. The Labute approximate surface area is 104 Å². The van der Waals surface area contributed by atoms with Crippen molar-refractivity contribution in [1.82, 2.24) is 0 Å². The van der Waals surface area contributed by atoms with Crippen LogP contribution >= 0.6 is 11.8 Å². The van der Waals surface area contributed by atoms with Crippen LogP contribution in [0, 0.1) is 6.92 Å². The van der Waals surface area contributed by atoms with E-state index < -0.39 is 11.0 Å². The molecule has 1 aliphatic heterocycles. The van der Waals surface area contributed by atoms with Gasteiger partial charge >= 0.3 is 0 Å². The quantitative estimate of drug-likeness (QED) is 0.753. The second kappa shape index (κ2) is 3.43. The van der Waals surface area contributed by atoms with E-state index in [9.17, 15) is 9.59 Å². The molecule has 0 N–H and O–H groups in total. The first-order valence-electron chi connectivity index (χ1n) is 5.61. The van der Waals surface area contributed by atoms with Gasteiger partial charge < -0.3 is 4.74 Å². The van der Waals surface area contributed by atoms with Gasteiger partial charge in [-0.2, -0.15) is 0 Å². The number of carbonyl (C=O) groups is 2. The number of thioether (sulfide) groups is 1. The predicted molar refractivity (Wildman–Crippen MR) is 65.6 cm³/mol. The smallest absolute Gasteiger partial charge is 0.211 e. The van der Waals surface area contributed by atoms with Crippen molar-refractivity contribution in [3.8, 4) is 0 Å². The Hall–Kier alpha value is -1.13. The van der Waals surface area contributed by atoms with Gasteiger partial charge in [-0.15, -0.1) is 11.8 Å². The molecule has 3 rings (SSSR count). The van der Waals surface area contributed by atoms with Gasteiger partial charge in [0.25, 0.3) is 0 Å². The number of epoxide rings is 1. The van der Waals surface area contributed by atoms with Crippen LogP contribution in [-0.2, 0) is 4.74 Å². The molecule has 3 nitrogen and oxygen atoms in total. The van der Waals surface area contributed by atoms with Crippen LogP contribution < -0.4 is 0 Å². The number of ketones is 2. The highest BCUT2D eigenvalue weighted by Gasteiger charge is 2.69. The number of benzene rings is 1. The lowest BCUT2D eigenvalue weighted by molar-refractivity contribution is 0.0911. The monoisotopic (exact) mass is 248 g/mol. The Balaban J connectivity index is 2.12. The third-order valence-electron chi connectivity index (χ3n) is 3.18. The van der Waals surface area contributed by atoms with Crippen LogP contribution in [0.15, 0.2) is 18.2 Å². The van der Waals surface area contributed by atoms with Crippen LogP contribution in [0.3, 0.4) is 0 Å². The first-order chi connectivity index (χ1) is 8.10. The fourth-order valence-electron chi connectivity index (χ4n) is 2.32. The van der Waals surface area contributed by atoms with E-state index in [4.69, 9.17) is 4.74 Å². The van der Waals surface area contributed by atoms with Crippen molar-refractivity contribution in [2.45, 2.75) is 24.9 Å². The second-order valence-corrected chi connectivity index (χ2v) is 5.81. The summed E-state index contributed by atoms with van der Waals surface area (Å²) in [7, 11) is 0. The molecule has 1 aromatic rings. The van der Waals surface area contributed by atoms with Crippen molar-refractivity contribution < 1.29 is 14.3 Å². The van der Waals surface area contributed by atoms with Gasteiger partial charge in [0.1, 0.15) is 0 Å². The molecular formula is C13H12O3S. The van der Waals surface area contributed by atoms with Crippen LogP contribution in [0.4, 0.5) is 0 Å². The molecule has 2 aliphatic rings. The highest BCUT2D eigenvalue weighted by molar-refractivity contribution is 8.01. The average Bonchev–Trinajstić information content (AvgIpc) is 3.03. The molecule has 1 aromatic carbocycles. The Bertz CT molecular complexity index is 537. The van der Waals surface area contributed by atoms with Crippen LogP contribution in [0.25, 0.3) is 0 Å². The molecule has 1 saturated heterocycles. The summed E-state index contributed by atoms with van der Waals surface area (Å²) in [4.78, 5) is 23.6. The Morgan fingerprint density at radius 3 is 2.82 bits per heavy atom. The molecule has 2 unspecified atom stereocenters. The highest BCUT2D eigenvalue weighted by Crippen LogP contribution is 2.53. The van der Waals surface area contributed by atoms with Crippen molar-refractivity contribution in [2.24, 2.45) is 0 Å². The summed E-state index contributed by atoms with van der Waals surface area (Å²) < 4.78 is 5.42. The molecule has 4 heteroatoms. The SMILES string of the molecule is CCSC12OC1C(=O)c1cc(C)ccc1C2=O. The second-order valence-electron chi connectivity index (χ2n) is 4.34. The van der Waals surface area contributed by atoms with E-state index in [0.29, 0.717) is 11.1 Å². The lowest BCUT2D eigenvalue weighted by Crippen LogP contribution is -2.34. The maximum absolute atomic E-state index is 12.3. The summed E-state index contributed by atoms with van der Waals surface area (Å²) in [6, 6.07) is 5.37.